The highest BCUT2D eigenvalue weighted by Gasteiger charge is 2.08. The van der Waals surface area contributed by atoms with Gasteiger partial charge in [0.2, 0.25) is 0 Å². The van der Waals surface area contributed by atoms with Gasteiger partial charge >= 0.3 is 0 Å². The summed E-state index contributed by atoms with van der Waals surface area (Å²) in [7, 11) is 0. The van der Waals surface area contributed by atoms with Crippen molar-refractivity contribution in [1.29, 1.82) is 0 Å². The first-order valence-corrected chi connectivity index (χ1v) is 5.47. The van der Waals surface area contributed by atoms with Crippen molar-refractivity contribution in [2.75, 3.05) is 5.73 Å². The topological polar surface area (TPSA) is 46.2 Å². The van der Waals surface area contributed by atoms with E-state index in [2.05, 4.69) is 6.07 Å². The normalized spacial score (nSPS) is 11.2. The summed E-state index contributed by atoms with van der Waals surface area (Å²) < 4.78 is 2.21. The molecule has 15 heavy (non-hydrogen) atoms. The Bertz CT molecular complexity index is 657. The Morgan fingerprint density at radius 3 is 2.73 bits per heavy atom. The van der Waals surface area contributed by atoms with E-state index < -0.39 is 0 Å². The van der Waals surface area contributed by atoms with Crippen molar-refractivity contribution >= 4 is 37.2 Å². The number of thiophene rings is 1. The maximum atomic E-state index is 9.87. The molecule has 3 heteroatoms. The molecule has 1 aromatic heterocycles. The van der Waals surface area contributed by atoms with Gasteiger partial charge < -0.3 is 10.8 Å². The monoisotopic (exact) mass is 215 g/mol. The lowest BCUT2D eigenvalue weighted by atomic mass is 10.1. The molecule has 0 amide bonds. The Kier molecular flexibility index (Phi) is 1.64. The average Bonchev–Trinajstić information content (AvgIpc) is 2.54. The van der Waals surface area contributed by atoms with Gasteiger partial charge in [0.25, 0.3) is 0 Å². The van der Waals surface area contributed by atoms with E-state index in [1.54, 1.807) is 17.4 Å². The van der Waals surface area contributed by atoms with Gasteiger partial charge in [-0.2, -0.15) is 0 Å². The first-order chi connectivity index (χ1) is 7.25. The van der Waals surface area contributed by atoms with Crippen LogP contribution in [0.1, 0.15) is 0 Å². The summed E-state index contributed by atoms with van der Waals surface area (Å²) in [6, 6.07) is 11.5. The molecular formula is C12H9NOS. The SMILES string of the molecule is Nc1cc(O)c2c(c1)sc1ccccc12. The third-order valence-corrected chi connectivity index (χ3v) is 3.60. The summed E-state index contributed by atoms with van der Waals surface area (Å²) in [6.07, 6.45) is 0. The Morgan fingerprint density at radius 1 is 1.07 bits per heavy atom. The van der Waals surface area contributed by atoms with Crippen LogP contribution in [0.3, 0.4) is 0 Å². The van der Waals surface area contributed by atoms with Gasteiger partial charge in [-0.25, -0.2) is 0 Å². The summed E-state index contributed by atoms with van der Waals surface area (Å²) in [6.45, 7) is 0. The summed E-state index contributed by atoms with van der Waals surface area (Å²) in [5, 5.41) is 11.9. The Morgan fingerprint density at radius 2 is 1.87 bits per heavy atom. The molecule has 0 fully saturated rings. The Labute approximate surface area is 90.6 Å². The molecule has 0 aliphatic rings. The average molecular weight is 215 g/mol. The number of nitrogen functional groups attached to an aromatic ring is 1. The predicted octanol–water partition coefficient (Wildman–Crippen LogP) is 3.34. The zero-order chi connectivity index (χ0) is 10.4. The lowest BCUT2D eigenvalue weighted by molar-refractivity contribution is 0.482. The molecule has 0 spiro atoms. The molecule has 74 valence electrons. The van der Waals surface area contributed by atoms with Crippen molar-refractivity contribution in [3.05, 3.63) is 36.4 Å². The quantitative estimate of drug-likeness (QED) is 0.565. The van der Waals surface area contributed by atoms with Gasteiger partial charge in [-0.1, -0.05) is 18.2 Å². The molecule has 0 radical (unpaired) electrons. The molecule has 0 bridgehead atoms. The molecule has 3 aromatic rings. The number of benzene rings is 2. The third kappa shape index (κ3) is 1.17. The van der Waals surface area contributed by atoms with Crippen molar-refractivity contribution < 1.29 is 5.11 Å². The second-order valence-electron chi connectivity index (χ2n) is 3.51. The number of anilines is 1. The van der Waals surface area contributed by atoms with Crippen LogP contribution in [0.2, 0.25) is 0 Å². The van der Waals surface area contributed by atoms with Gasteiger partial charge in [0.1, 0.15) is 5.75 Å². The van der Waals surface area contributed by atoms with Crippen LogP contribution in [0, 0.1) is 0 Å². The van der Waals surface area contributed by atoms with Crippen LogP contribution < -0.4 is 5.73 Å². The van der Waals surface area contributed by atoms with Crippen LogP contribution in [0.25, 0.3) is 20.2 Å². The maximum Gasteiger partial charge on any atom is 0.126 e. The van der Waals surface area contributed by atoms with E-state index >= 15 is 0 Å². The minimum absolute atomic E-state index is 0.266. The fraction of sp³-hybridized carbons (Fsp3) is 0. The highest BCUT2D eigenvalue weighted by molar-refractivity contribution is 7.25. The van der Waals surface area contributed by atoms with E-state index in [0.717, 1.165) is 15.5 Å². The van der Waals surface area contributed by atoms with Gasteiger partial charge in [-0.3, -0.25) is 0 Å². The summed E-state index contributed by atoms with van der Waals surface area (Å²) in [4.78, 5) is 0. The minimum atomic E-state index is 0.266. The molecule has 0 aliphatic carbocycles. The van der Waals surface area contributed by atoms with Crippen molar-refractivity contribution in [2.24, 2.45) is 0 Å². The lowest BCUT2D eigenvalue weighted by Crippen LogP contribution is -1.82. The fourth-order valence-corrected chi connectivity index (χ4v) is 3.03. The van der Waals surface area contributed by atoms with Crippen LogP contribution in [0.5, 0.6) is 5.75 Å². The van der Waals surface area contributed by atoms with Gasteiger partial charge in [-0.05, 0) is 12.1 Å². The molecule has 2 nitrogen and oxygen atoms in total. The molecule has 0 atom stereocenters. The number of nitrogens with two attached hydrogens (primary N) is 1. The van der Waals surface area contributed by atoms with E-state index in [-0.39, 0.29) is 5.75 Å². The number of aromatic hydroxyl groups is 1. The highest BCUT2D eigenvalue weighted by Crippen LogP contribution is 2.39. The van der Waals surface area contributed by atoms with Gasteiger partial charge in [0, 0.05) is 31.9 Å². The van der Waals surface area contributed by atoms with E-state index in [4.69, 9.17) is 5.73 Å². The molecule has 2 aromatic carbocycles. The summed E-state index contributed by atoms with van der Waals surface area (Å²) >= 11 is 1.65. The standard InChI is InChI=1S/C12H9NOS/c13-7-5-9(14)12-8-3-1-2-4-10(8)15-11(12)6-7/h1-6,14H,13H2. The van der Waals surface area contributed by atoms with E-state index in [0.29, 0.717) is 5.69 Å². The Balaban J connectivity index is 2.61. The van der Waals surface area contributed by atoms with E-state index in [1.807, 2.05) is 24.3 Å². The fourth-order valence-electron chi connectivity index (χ4n) is 1.85. The second-order valence-corrected chi connectivity index (χ2v) is 4.60. The summed E-state index contributed by atoms with van der Waals surface area (Å²) in [5.74, 6) is 0.266. The number of phenolic OH excluding ortho intramolecular Hbond substituents is 1. The van der Waals surface area contributed by atoms with Crippen LogP contribution in [-0.2, 0) is 0 Å². The predicted molar refractivity (Wildman–Crippen MR) is 65.4 cm³/mol. The van der Waals surface area contributed by atoms with Crippen molar-refractivity contribution in [3.8, 4) is 5.75 Å². The number of hydrogen-bond acceptors (Lipinski definition) is 3. The van der Waals surface area contributed by atoms with Crippen molar-refractivity contribution in [2.45, 2.75) is 0 Å². The lowest BCUT2D eigenvalue weighted by Gasteiger charge is -1.98. The molecule has 0 saturated heterocycles. The van der Waals surface area contributed by atoms with E-state index in [1.165, 1.54) is 4.70 Å². The van der Waals surface area contributed by atoms with Crippen LogP contribution in [0.4, 0.5) is 5.69 Å². The molecule has 0 saturated carbocycles. The number of hydrogen-bond donors (Lipinski definition) is 2. The zero-order valence-corrected chi connectivity index (χ0v) is 8.71. The molecule has 3 N–H and O–H groups in total. The smallest absolute Gasteiger partial charge is 0.126 e. The van der Waals surface area contributed by atoms with Gasteiger partial charge in [-0.15, -0.1) is 11.3 Å². The van der Waals surface area contributed by atoms with E-state index in [9.17, 15) is 5.11 Å². The molecule has 3 rings (SSSR count). The molecular weight excluding hydrogens is 206 g/mol. The molecule has 0 aliphatic heterocycles. The number of rotatable bonds is 0. The highest BCUT2D eigenvalue weighted by atomic mass is 32.1. The second kappa shape index (κ2) is 2.87. The van der Waals surface area contributed by atoms with Gasteiger partial charge in [0.15, 0.2) is 0 Å². The minimum Gasteiger partial charge on any atom is -0.507 e. The summed E-state index contributed by atoms with van der Waals surface area (Å²) in [5.41, 5.74) is 6.30. The largest absolute Gasteiger partial charge is 0.507 e. The van der Waals surface area contributed by atoms with Gasteiger partial charge in [0.05, 0.1) is 0 Å². The van der Waals surface area contributed by atoms with Crippen molar-refractivity contribution in [3.63, 3.8) is 0 Å². The third-order valence-electron chi connectivity index (χ3n) is 2.48. The van der Waals surface area contributed by atoms with Crippen LogP contribution >= 0.6 is 11.3 Å². The first-order valence-electron chi connectivity index (χ1n) is 4.65. The maximum absolute atomic E-state index is 9.87. The zero-order valence-electron chi connectivity index (χ0n) is 7.90. The number of fused-ring (bicyclic) bond motifs is 3. The van der Waals surface area contributed by atoms with Crippen molar-refractivity contribution in [1.82, 2.24) is 0 Å². The molecule has 0 unspecified atom stereocenters. The molecule has 1 heterocycles. The Hall–Kier alpha value is -1.74. The van der Waals surface area contributed by atoms with Crippen LogP contribution in [-0.4, -0.2) is 5.11 Å². The first kappa shape index (κ1) is 8.56. The number of phenols is 1. The van der Waals surface area contributed by atoms with Crippen LogP contribution in [0.15, 0.2) is 36.4 Å².